The summed E-state index contributed by atoms with van der Waals surface area (Å²) in [6.45, 7) is 0.998. The molecule has 0 aliphatic carbocycles. The molecule has 0 spiro atoms. The van der Waals surface area contributed by atoms with Crippen LogP contribution in [0.5, 0.6) is 0 Å². The summed E-state index contributed by atoms with van der Waals surface area (Å²) in [7, 11) is 0. The number of carboxylic acids is 1. The van der Waals surface area contributed by atoms with Crippen molar-refractivity contribution in [3.63, 3.8) is 0 Å². The standard InChI is InChI=1S/C24H33N5O6/c25-20(30)11-10-17(27-21(31)16-8-4-12-26-16)23(33)29-13-5-9-19(29)22(32)28-18(24(34)35)14-15-6-2-1-3-7-15/h1-3,6-7,16-19,26H,4-5,8-14H2,(H2,25,30)(H,27,31)(H,28,32)(H,34,35)/t16-,17-,18-,19-/m0/s1. The Balaban J connectivity index is 1.68. The highest BCUT2D eigenvalue weighted by Gasteiger charge is 2.39. The van der Waals surface area contributed by atoms with Gasteiger partial charge in [0.1, 0.15) is 18.1 Å². The summed E-state index contributed by atoms with van der Waals surface area (Å²) in [5.41, 5.74) is 6.02. The molecule has 4 atom stereocenters. The second-order valence-corrected chi connectivity index (χ2v) is 8.99. The van der Waals surface area contributed by atoms with Gasteiger partial charge in [0.15, 0.2) is 0 Å². The van der Waals surface area contributed by atoms with Crippen molar-refractivity contribution < 1.29 is 29.1 Å². The molecule has 2 heterocycles. The Bertz CT molecular complexity index is 934. The predicted octanol–water partition coefficient (Wildman–Crippen LogP) is -0.708. The van der Waals surface area contributed by atoms with Crippen LogP contribution in [0.4, 0.5) is 0 Å². The Kier molecular flexibility index (Phi) is 9.18. The van der Waals surface area contributed by atoms with Gasteiger partial charge in [-0.1, -0.05) is 30.3 Å². The average Bonchev–Trinajstić information content (AvgIpc) is 3.54. The Morgan fingerprint density at radius 2 is 1.74 bits per heavy atom. The van der Waals surface area contributed by atoms with Gasteiger partial charge in [-0.05, 0) is 44.2 Å². The summed E-state index contributed by atoms with van der Waals surface area (Å²) in [6, 6.07) is 5.51. The third-order valence-electron chi connectivity index (χ3n) is 6.41. The van der Waals surface area contributed by atoms with Gasteiger partial charge in [-0.2, -0.15) is 0 Å². The van der Waals surface area contributed by atoms with Crippen molar-refractivity contribution in [1.82, 2.24) is 20.9 Å². The monoisotopic (exact) mass is 487 g/mol. The first kappa shape index (κ1) is 26.1. The molecular formula is C24H33N5O6. The molecule has 1 aromatic rings. The minimum atomic E-state index is -1.17. The van der Waals surface area contributed by atoms with Gasteiger partial charge in [-0.25, -0.2) is 4.79 Å². The van der Waals surface area contributed by atoms with Crippen LogP contribution in [0.1, 0.15) is 44.1 Å². The molecule has 2 saturated heterocycles. The van der Waals surface area contributed by atoms with Gasteiger partial charge in [0.25, 0.3) is 0 Å². The van der Waals surface area contributed by atoms with Gasteiger partial charge >= 0.3 is 5.97 Å². The fraction of sp³-hybridized carbons (Fsp3) is 0.542. The van der Waals surface area contributed by atoms with Crippen molar-refractivity contribution in [2.45, 2.75) is 69.1 Å². The van der Waals surface area contributed by atoms with E-state index in [9.17, 15) is 29.1 Å². The number of benzene rings is 1. The average molecular weight is 488 g/mol. The first-order valence-corrected chi connectivity index (χ1v) is 12.0. The number of nitrogens with one attached hydrogen (secondary N) is 3. The van der Waals surface area contributed by atoms with Crippen LogP contribution in [0, 0.1) is 0 Å². The van der Waals surface area contributed by atoms with Crippen molar-refractivity contribution in [2.75, 3.05) is 13.1 Å². The second kappa shape index (κ2) is 12.3. The fourth-order valence-corrected chi connectivity index (χ4v) is 4.55. The van der Waals surface area contributed by atoms with Crippen molar-refractivity contribution in [3.8, 4) is 0 Å². The molecular weight excluding hydrogens is 454 g/mol. The largest absolute Gasteiger partial charge is 0.480 e. The molecule has 11 heteroatoms. The summed E-state index contributed by atoms with van der Waals surface area (Å²) < 4.78 is 0. The quantitative estimate of drug-likeness (QED) is 0.274. The Hall–Kier alpha value is -3.47. The Labute approximate surface area is 203 Å². The van der Waals surface area contributed by atoms with E-state index in [2.05, 4.69) is 16.0 Å². The number of nitrogens with two attached hydrogens (primary N) is 1. The summed E-state index contributed by atoms with van der Waals surface area (Å²) >= 11 is 0. The fourth-order valence-electron chi connectivity index (χ4n) is 4.55. The van der Waals surface area contributed by atoms with E-state index in [1.165, 1.54) is 4.90 Å². The molecule has 0 unspecified atom stereocenters. The number of aliphatic carboxylic acids is 1. The Morgan fingerprint density at radius 1 is 1.03 bits per heavy atom. The number of nitrogens with zero attached hydrogens (tertiary/aromatic N) is 1. The van der Waals surface area contributed by atoms with Crippen LogP contribution in [-0.2, 0) is 30.4 Å². The Morgan fingerprint density at radius 3 is 2.37 bits per heavy atom. The van der Waals surface area contributed by atoms with E-state index in [1.807, 2.05) is 6.07 Å². The molecule has 2 fully saturated rings. The van der Waals surface area contributed by atoms with E-state index in [4.69, 9.17) is 5.73 Å². The minimum absolute atomic E-state index is 0.0171. The third-order valence-corrected chi connectivity index (χ3v) is 6.41. The molecule has 4 amide bonds. The van der Waals surface area contributed by atoms with Crippen LogP contribution in [0.2, 0.25) is 0 Å². The molecule has 0 saturated carbocycles. The van der Waals surface area contributed by atoms with E-state index >= 15 is 0 Å². The topological polar surface area (TPSA) is 171 Å². The highest BCUT2D eigenvalue weighted by molar-refractivity contribution is 5.95. The van der Waals surface area contributed by atoms with Gasteiger partial charge in [-0.3, -0.25) is 19.2 Å². The van der Waals surface area contributed by atoms with E-state index in [-0.39, 0.29) is 31.7 Å². The molecule has 0 bridgehead atoms. The lowest BCUT2D eigenvalue weighted by atomic mass is 10.0. The number of likely N-dealkylation sites (tertiary alicyclic amines) is 1. The molecule has 0 aromatic heterocycles. The first-order valence-electron chi connectivity index (χ1n) is 12.0. The normalized spacial score (nSPS) is 21.2. The van der Waals surface area contributed by atoms with Gasteiger partial charge in [0, 0.05) is 19.4 Å². The molecule has 1 aromatic carbocycles. The molecule has 6 N–H and O–H groups in total. The van der Waals surface area contributed by atoms with Crippen molar-refractivity contribution in [1.29, 1.82) is 0 Å². The summed E-state index contributed by atoms with van der Waals surface area (Å²) in [4.78, 5) is 63.5. The van der Waals surface area contributed by atoms with Crippen LogP contribution < -0.4 is 21.7 Å². The number of amides is 4. The predicted molar refractivity (Wildman–Crippen MR) is 126 cm³/mol. The SMILES string of the molecule is NC(=O)CC[C@H](NC(=O)[C@@H]1CCCN1)C(=O)N1CCC[C@H]1C(=O)N[C@@H](Cc1ccccc1)C(=O)O. The number of carbonyl (C=O) groups is 5. The maximum absolute atomic E-state index is 13.4. The molecule has 35 heavy (non-hydrogen) atoms. The lowest BCUT2D eigenvalue weighted by Gasteiger charge is -2.30. The summed E-state index contributed by atoms with van der Waals surface area (Å²) in [5.74, 6) is -3.15. The second-order valence-electron chi connectivity index (χ2n) is 8.99. The smallest absolute Gasteiger partial charge is 0.326 e. The number of hydrogen-bond acceptors (Lipinski definition) is 6. The third kappa shape index (κ3) is 7.25. The lowest BCUT2D eigenvalue weighted by molar-refractivity contribution is -0.145. The molecule has 3 rings (SSSR count). The maximum Gasteiger partial charge on any atom is 0.326 e. The van der Waals surface area contributed by atoms with Crippen molar-refractivity contribution in [2.24, 2.45) is 5.73 Å². The lowest BCUT2D eigenvalue weighted by Crippen LogP contribution is -2.57. The number of primary amides is 1. The van der Waals surface area contributed by atoms with Crippen LogP contribution in [0.15, 0.2) is 30.3 Å². The van der Waals surface area contributed by atoms with Crippen LogP contribution >= 0.6 is 0 Å². The number of carboxylic acid groups (broad SMARTS) is 1. The molecule has 2 aliphatic heterocycles. The zero-order valence-corrected chi connectivity index (χ0v) is 19.6. The van der Waals surface area contributed by atoms with Crippen molar-refractivity contribution >= 4 is 29.6 Å². The number of carbonyl (C=O) groups excluding carboxylic acids is 4. The van der Waals surface area contributed by atoms with Gasteiger partial charge < -0.3 is 31.7 Å². The summed E-state index contributed by atoms with van der Waals surface area (Å²) in [6.07, 6.45) is 2.45. The van der Waals surface area contributed by atoms with Crippen molar-refractivity contribution in [3.05, 3.63) is 35.9 Å². The summed E-state index contributed by atoms with van der Waals surface area (Å²) in [5, 5.41) is 18.0. The van der Waals surface area contributed by atoms with Crippen LogP contribution in [0.3, 0.4) is 0 Å². The van der Waals surface area contributed by atoms with Gasteiger partial charge in [0.2, 0.25) is 23.6 Å². The van der Waals surface area contributed by atoms with Crippen LogP contribution in [-0.4, -0.2) is 76.9 Å². The van der Waals surface area contributed by atoms with Crippen LogP contribution in [0.25, 0.3) is 0 Å². The molecule has 190 valence electrons. The number of rotatable bonds is 11. The minimum Gasteiger partial charge on any atom is -0.480 e. The number of hydrogen-bond donors (Lipinski definition) is 5. The zero-order chi connectivity index (χ0) is 25.4. The molecule has 2 aliphatic rings. The van der Waals surface area contributed by atoms with E-state index in [0.717, 1.165) is 12.0 Å². The van der Waals surface area contributed by atoms with E-state index < -0.39 is 47.9 Å². The van der Waals surface area contributed by atoms with E-state index in [1.54, 1.807) is 24.3 Å². The van der Waals surface area contributed by atoms with Gasteiger partial charge in [-0.15, -0.1) is 0 Å². The van der Waals surface area contributed by atoms with Gasteiger partial charge in [0.05, 0.1) is 6.04 Å². The molecule has 0 radical (unpaired) electrons. The molecule has 11 nitrogen and oxygen atoms in total. The highest BCUT2D eigenvalue weighted by Crippen LogP contribution is 2.20. The maximum atomic E-state index is 13.4. The van der Waals surface area contributed by atoms with E-state index in [0.29, 0.717) is 25.8 Å². The first-order chi connectivity index (χ1) is 16.8. The highest BCUT2D eigenvalue weighted by atomic mass is 16.4. The zero-order valence-electron chi connectivity index (χ0n) is 19.6.